The maximum atomic E-state index is 12.8. The fourth-order valence-corrected chi connectivity index (χ4v) is 2.80. The lowest BCUT2D eigenvalue weighted by molar-refractivity contribution is -0.145. The second-order valence-corrected chi connectivity index (χ2v) is 6.96. The quantitative estimate of drug-likeness (QED) is 0.628. The molecule has 0 aliphatic heterocycles. The van der Waals surface area contributed by atoms with E-state index in [0.29, 0.717) is 5.69 Å². The van der Waals surface area contributed by atoms with Crippen LogP contribution in [0.4, 0.5) is 10.1 Å². The Kier molecular flexibility index (Phi) is 8.48. The number of hydrogen-bond donors (Lipinski definition) is 2. The monoisotopic (exact) mass is 404 g/mol. The summed E-state index contributed by atoms with van der Waals surface area (Å²) in [5.41, 5.74) is 2.47. The third-order valence-corrected chi connectivity index (χ3v) is 4.43. The summed E-state index contributed by atoms with van der Waals surface area (Å²) in [4.78, 5) is 35.2. The van der Waals surface area contributed by atoms with E-state index in [2.05, 4.69) is 10.6 Å². The highest BCUT2D eigenvalue weighted by atomic mass is 32.2. The number of hydrogen-bond acceptors (Lipinski definition) is 5. The zero-order chi connectivity index (χ0) is 20.4. The summed E-state index contributed by atoms with van der Waals surface area (Å²) in [5.74, 6) is -1.55. The lowest BCUT2D eigenvalue weighted by Crippen LogP contribution is -2.28. The van der Waals surface area contributed by atoms with Gasteiger partial charge in [-0.25, -0.2) is 4.39 Å². The van der Waals surface area contributed by atoms with Gasteiger partial charge in [-0.3, -0.25) is 14.4 Å². The molecule has 2 amide bonds. The van der Waals surface area contributed by atoms with Gasteiger partial charge >= 0.3 is 5.97 Å². The zero-order valence-electron chi connectivity index (χ0n) is 15.4. The van der Waals surface area contributed by atoms with Crippen molar-refractivity contribution in [3.8, 4) is 0 Å². The summed E-state index contributed by atoms with van der Waals surface area (Å²) in [7, 11) is 0. The van der Waals surface area contributed by atoms with Crippen molar-refractivity contribution in [1.82, 2.24) is 5.32 Å². The number of aryl methyl sites for hydroxylation is 1. The van der Waals surface area contributed by atoms with Crippen LogP contribution in [0.2, 0.25) is 0 Å². The van der Waals surface area contributed by atoms with E-state index in [4.69, 9.17) is 4.74 Å². The third-order valence-electron chi connectivity index (χ3n) is 3.52. The smallest absolute Gasteiger partial charge is 0.316 e. The molecular formula is C20H21FN2O4S. The fourth-order valence-electron chi connectivity index (χ4n) is 2.19. The molecule has 2 N–H and O–H groups in total. The number of rotatable bonds is 9. The number of amides is 2. The van der Waals surface area contributed by atoms with Crippen LogP contribution < -0.4 is 10.6 Å². The van der Waals surface area contributed by atoms with E-state index >= 15 is 0 Å². The van der Waals surface area contributed by atoms with Gasteiger partial charge in [-0.15, -0.1) is 11.8 Å². The lowest BCUT2D eigenvalue weighted by Gasteiger charge is -2.07. The molecule has 0 atom stereocenters. The van der Waals surface area contributed by atoms with Crippen LogP contribution in [0.25, 0.3) is 0 Å². The highest BCUT2D eigenvalue weighted by Crippen LogP contribution is 2.10. The highest BCUT2D eigenvalue weighted by molar-refractivity contribution is 8.00. The molecule has 2 aromatic rings. The molecule has 0 radical (unpaired) electrons. The van der Waals surface area contributed by atoms with Crippen LogP contribution in [0.5, 0.6) is 0 Å². The molecule has 0 unspecified atom stereocenters. The van der Waals surface area contributed by atoms with Gasteiger partial charge in [0.2, 0.25) is 5.91 Å². The van der Waals surface area contributed by atoms with Gasteiger partial charge in [-0.1, -0.05) is 24.3 Å². The number of halogens is 1. The number of esters is 1. The van der Waals surface area contributed by atoms with Crippen molar-refractivity contribution < 1.29 is 23.5 Å². The van der Waals surface area contributed by atoms with Crippen molar-refractivity contribution in [3.05, 3.63) is 65.5 Å². The first-order valence-electron chi connectivity index (χ1n) is 8.53. The van der Waals surface area contributed by atoms with E-state index in [1.54, 1.807) is 18.2 Å². The molecule has 0 bridgehead atoms. The van der Waals surface area contributed by atoms with Crippen LogP contribution in [-0.4, -0.2) is 35.9 Å². The van der Waals surface area contributed by atoms with Crippen LogP contribution in [0.3, 0.4) is 0 Å². The molecular weight excluding hydrogens is 383 g/mol. The minimum atomic E-state index is -0.578. The largest absolute Gasteiger partial charge is 0.455 e. The molecule has 8 heteroatoms. The van der Waals surface area contributed by atoms with E-state index in [-0.39, 0.29) is 29.8 Å². The Hall–Kier alpha value is -2.87. The molecule has 2 aromatic carbocycles. The SMILES string of the molecule is Cc1cccc(NC(=O)CSCC(=O)OCC(=O)NCc2ccc(F)cc2)c1. The molecule has 0 aliphatic carbocycles. The van der Waals surface area contributed by atoms with E-state index in [9.17, 15) is 18.8 Å². The van der Waals surface area contributed by atoms with Gasteiger partial charge in [0.25, 0.3) is 5.91 Å². The molecule has 0 aliphatic rings. The highest BCUT2D eigenvalue weighted by Gasteiger charge is 2.10. The van der Waals surface area contributed by atoms with Crippen LogP contribution in [-0.2, 0) is 25.7 Å². The van der Waals surface area contributed by atoms with Crippen LogP contribution in [0.1, 0.15) is 11.1 Å². The Bertz CT molecular complexity index is 827. The summed E-state index contributed by atoms with van der Waals surface area (Å²) < 4.78 is 17.7. The second-order valence-electron chi connectivity index (χ2n) is 5.97. The minimum Gasteiger partial charge on any atom is -0.455 e. The van der Waals surface area contributed by atoms with Crippen molar-refractivity contribution in [2.24, 2.45) is 0 Å². The first-order valence-corrected chi connectivity index (χ1v) is 9.69. The Morgan fingerprint density at radius 3 is 2.50 bits per heavy atom. The summed E-state index contributed by atoms with van der Waals surface area (Å²) in [6.07, 6.45) is 0. The van der Waals surface area contributed by atoms with Crippen molar-refractivity contribution in [2.75, 3.05) is 23.4 Å². The van der Waals surface area contributed by atoms with Gasteiger partial charge < -0.3 is 15.4 Å². The van der Waals surface area contributed by atoms with Crippen molar-refractivity contribution in [3.63, 3.8) is 0 Å². The van der Waals surface area contributed by atoms with E-state index in [1.165, 1.54) is 12.1 Å². The molecule has 6 nitrogen and oxygen atoms in total. The zero-order valence-corrected chi connectivity index (χ0v) is 16.2. The van der Waals surface area contributed by atoms with Gasteiger partial charge in [0.05, 0.1) is 11.5 Å². The minimum absolute atomic E-state index is 0.0352. The number of carbonyl (C=O) groups excluding carboxylic acids is 3. The molecule has 0 spiro atoms. The first kappa shape index (κ1) is 21.4. The van der Waals surface area contributed by atoms with Gasteiger partial charge in [-0.05, 0) is 42.3 Å². The van der Waals surface area contributed by atoms with E-state index in [0.717, 1.165) is 22.9 Å². The summed E-state index contributed by atoms with van der Waals surface area (Å²) in [6.45, 7) is 1.73. The summed E-state index contributed by atoms with van der Waals surface area (Å²) in [6, 6.07) is 13.1. The number of benzene rings is 2. The Morgan fingerprint density at radius 1 is 1.04 bits per heavy atom. The molecule has 0 aromatic heterocycles. The summed E-state index contributed by atoms with van der Waals surface area (Å²) in [5, 5.41) is 5.31. The van der Waals surface area contributed by atoms with E-state index in [1.807, 2.05) is 25.1 Å². The van der Waals surface area contributed by atoms with Crippen LogP contribution in [0.15, 0.2) is 48.5 Å². The summed E-state index contributed by atoms with van der Waals surface area (Å²) >= 11 is 1.10. The van der Waals surface area contributed by atoms with Crippen LogP contribution in [0, 0.1) is 12.7 Å². The molecule has 0 heterocycles. The number of carbonyl (C=O) groups is 3. The number of thioether (sulfide) groups is 1. The fraction of sp³-hybridized carbons (Fsp3) is 0.250. The Balaban J connectivity index is 1.58. The van der Waals surface area contributed by atoms with Crippen LogP contribution >= 0.6 is 11.8 Å². The molecule has 2 rings (SSSR count). The molecule has 148 valence electrons. The average molecular weight is 404 g/mol. The third kappa shape index (κ3) is 8.22. The lowest BCUT2D eigenvalue weighted by atomic mass is 10.2. The average Bonchev–Trinajstić information content (AvgIpc) is 2.66. The number of ether oxygens (including phenoxy) is 1. The van der Waals surface area contributed by atoms with Crippen molar-refractivity contribution >= 4 is 35.2 Å². The maximum Gasteiger partial charge on any atom is 0.316 e. The predicted octanol–water partition coefficient (Wildman–Crippen LogP) is 2.67. The molecule has 0 saturated heterocycles. The standard InChI is InChI=1S/C20H21FN2O4S/c1-14-3-2-4-17(9-14)23-19(25)12-28-13-20(26)27-11-18(24)22-10-15-5-7-16(21)8-6-15/h2-9H,10-13H2,1H3,(H,22,24)(H,23,25). The number of anilines is 1. The number of nitrogens with one attached hydrogen (secondary N) is 2. The van der Waals surface area contributed by atoms with Gasteiger partial charge in [-0.2, -0.15) is 0 Å². The molecule has 0 fully saturated rings. The second kappa shape index (κ2) is 11.1. The Labute approximate surface area is 166 Å². The van der Waals surface area contributed by atoms with Gasteiger partial charge in [0.15, 0.2) is 6.61 Å². The van der Waals surface area contributed by atoms with Crippen molar-refractivity contribution in [2.45, 2.75) is 13.5 Å². The molecule has 28 heavy (non-hydrogen) atoms. The maximum absolute atomic E-state index is 12.8. The molecule has 0 saturated carbocycles. The normalized spacial score (nSPS) is 10.2. The first-order chi connectivity index (χ1) is 13.4. The van der Waals surface area contributed by atoms with Crippen molar-refractivity contribution in [1.29, 1.82) is 0 Å². The van der Waals surface area contributed by atoms with E-state index < -0.39 is 18.5 Å². The van der Waals surface area contributed by atoms with Gasteiger partial charge in [0, 0.05) is 12.2 Å². The van der Waals surface area contributed by atoms with Gasteiger partial charge in [0.1, 0.15) is 5.82 Å². The Morgan fingerprint density at radius 2 is 1.79 bits per heavy atom. The topological polar surface area (TPSA) is 84.5 Å². The predicted molar refractivity (Wildman–Crippen MR) is 106 cm³/mol.